The highest BCUT2D eigenvalue weighted by molar-refractivity contribution is 7.22. The van der Waals surface area contributed by atoms with Gasteiger partial charge in [-0.1, -0.05) is 72.0 Å². The molecular weight excluding hydrogens is 484 g/mol. The summed E-state index contributed by atoms with van der Waals surface area (Å²) >= 11 is 1.35. The van der Waals surface area contributed by atoms with Gasteiger partial charge in [0.25, 0.3) is 5.78 Å². The number of carbonyl (C=O) groups is 2. The first kappa shape index (κ1) is 24.5. The van der Waals surface area contributed by atoms with Crippen LogP contribution in [0.15, 0.2) is 78.9 Å². The average Bonchev–Trinajstić information content (AvgIpc) is 3.41. The van der Waals surface area contributed by atoms with Crippen LogP contribution in [0.2, 0.25) is 0 Å². The van der Waals surface area contributed by atoms with Crippen molar-refractivity contribution in [3.8, 4) is 5.75 Å². The average molecular weight is 511 g/mol. The summed E-state index contributed by atoms with van der Waals surface area (Å²) in [5, 5.41) is 11.7. The van der Waals surface area contributed by atoms with E-state index in [-0.39, 0.29) is 11.3 Å². The van der Waals surface area contributed by atoms with Gasteiger partial charge in [-0.25, -0.2) is 4.98 Å². The fraction of sp³-hybridized carbons (Fsp3) is 0.167. The van der Waals surface area contributed by atoms with E-state index in [4.69, 9.17) is 9.72 Å². The summed E-state index contributed by atoms with van der Waals surface area (Å²) in [7, 11) is 0. The molecule has 186 valence electrons. The van der Waals surface area contributed by atoms with Crippen LogP contribution in [0.1, 0.15) is 33.9 Å². The molecule has 1 saturated heterocycles. The van der Waals surface area contributed by atoms with Gasteiger partial charge in [0.2, 0.25) is 0 Å². The van der Waals surface area contributed by atoms with Crippen LogP contribution >= 0.6 is 11.3 Å². The van der Waals surface area contributed by atoms with Crippen molar-refractivity contribution in [2.75, 3.05) is 11.5 Å². The highest BCUT2D eigenvalue weighted by Crippen LogP contribution is 2.45. The lowest BCUT2D eigenvalue weighted by Gasteiger charge is -2.23. The molecule has 37 heavy (non-hydrogen) atoms. The molecule has 2 heterocycles. The molecule has 0 saturated carbocycles. The zero-order valence-electron chi connectivity index (χ0n) is 20.8. The molecule has 1 unspecified atom stereocenters. The highest BCUT2D eigenvalue weighted by atomic mass is 32.1. The lowest BCUT2D eigenvalue weighted by molar-refractivity contribution is -0.132. The van der Waals surface area contributed by atoms with Gasteiger partial charge in [-0.15, -0.1) is 0 Å². The minimum Gasteiger partial charge on any atom is -0.507 e. The molecule has 1 aliphatic heterocycles. The van der Waals surface area contributed by atoms with E-state index in [1.807, 2.05) is 51.1 Å². The minimum absolute atomic E-state index is 0.0156. The third-order valence-corrected chi connectivity index (χ3v) is 7.34. The standard InChI is InChI=1S/C30H26N2O4S/c1-5-13-36-22-8-6-7-21(16-22)26-24(27(33)20-11-9-17(2)10-12-20)28(34)29(35)32(26)30-31-25-19(4)14-18(3)15-23(25)37-30/h5-12,14-16,26,33H,1,13H2,2-4H3. The Hall–Kier alpha value is -4.23. The van der Waals surface area contributed by atoms with Gasteiger partial charge in [0.05, 0.1) is 21.8 Å². The first-order valence-electron chi connectivity index (χ1n) is 11.9. The Bertz CT molecular complexity index is 1580. The molecule has 0 bridgehead atoms. The van der Waals surface area contributed by atoms with Crippen LogP contribution in [0.25, 0.3) is 16.0 Å². The van der Waals surface area contributed by atoms with Gasteiger partial charge in [-0.05, 0) is 55.7 Å². The number of hydrogen-bond donors (Lipinski definition) is 1. The Balaban J connectivity index is 1.72. The number of amides is 1. The third-order valence-electron chi connectivity index (χ3n) is 6.34. The smallest absolute Gasteiger partial charge is 0.301 e. The second-order valence-corrected chi connectivity index (χ2v) is 10.1. The van der Waals surface area contributed by atoms with Gasteiger partial charge in [-0.2, -0.15) is 0 Å². The van der Waals surface area contributed by atoms with Crippen molar-refractivity contribution >= 4 is 44.1 Å². The van der Waals surface area contributed by atoms with Gasteiger partial charge in [0.15, 0.2) is 5.13 Å². The van der Waals surface area contributed by atoms with Crippen molar-refractivity contribution in [1.82, 2.24) is 4.98 Å². The van der Waals surface area contributed by atoms with Gasteiger partial charge in [-0.3, -0.25) is 14.5 Å². The van der Waals surface area contributed by atoms with Gasteiger partial charge >= 0.3 is 5.91 Å². The summed E-state index contributed by atoms with van der Waals surface area (Å²) < 4.78 is 6.65. The maximum Gasteiger partial charge on any atom is 0.301 e. The van der Waals surface area contributed by atoms with E-state index in [1.54, 1.807) is 36.4 Å². The number of Topliss-reactive ketones (excluding diaryl/α,β-unsaturated/α-hetero) is 1. The van der Waals surface area contributed by atoms with Crippen LogP contribution in [-0.4, -0.2) is 28.4 Å². The lowest BCUT2D eigenvalue weighted by atomic mass is 9.95. The molecule has 1 amide bonds. The number of ether oxygens (including phenoxy) is 1. The number of thiazole rings is 1. The maximum absolute atomic E-state index is 13.5. The van der Waals surface area contributed by atoms with Crippen molar-refractivity contribution in [1.29, 1.82) is 0 Å². The molecule has 4 aromatic rings. The predicted molar refractivity (Wildman–Crippen MR) is 147 cm³/mol. The van der Waals surface area contributed by atoms with Gasteiger partial charge < -0.3 is 9.84 Å². The van der Waals surface area contributed by atoms with Crippen LogP contribution in [0.5, 0.6) is 5.75 Å². The molecule has 5 rings (SSSR count). The number of nitrogens with zero attached hydrogens (tertiary/aromatic N) is 2. The Morgan fingerprint density at radius 3 is 2.57 bits per heavy atom. The molecular formula is C30H26N2O4S. The van der Waals surface area contributed by atoms with Crippen molar-refractivity contribution in [2.24, 2.45) is 0 Å². The number of aromatic nitrogens is 1. The van der Waals surface area contributed by atoms with E-state index in [1.165, 1.54) is 16.2 Å². The topological polar surface area (TPSA) is 79.7 Å². The van der Waals surface area contributed by atoms with Crippen LogP contribution < -0.4 is 9.64 Å². The van der Waals surface area contributed by atoms with Gasteiger partial charge in [0.1, 0.15) is 18.1 Å². The summed E-state index contributed by atoms with van der Waals surface area (Å²) in [6.07, 6.45) is 1.64. The normalized spacial score (nSPS) is 16.9. The number of hydrogen-bond acceptors (Lipinski definition) is 6. The van der Waals surface area contributed by atoms with E-state index < -0.39 is 17.7 Å². The summed E-state index contributed by atoms with van der Waals surface area (Å²) in [5.74, 6) is -1.15. The third kappa shape index (κ3) is 4.42. The Morgan fingerprint density at radius 2 is 1.84 bits per heavy atom. The van der Waals surface area contributed by atoms with E-state index >= 15 is 0 Å². The molecule has 1 N–H and O–H groups in total. The van der Waals surface area contributed by atoms with E-state index in [0.717, 1.165) is 26.9 Å². The minimum atomic E-state index is -0.879. The summed E-state index contributed by atoms with van der Waals surface area (Å²) in [6, 6.07) is 17.5. The van der Waals surface area contributed by atoms with Crippen LogP contribution in [0.4, 0.5) is 5.13 Å². The van der Waals surface area contributed by atoms with Crippen molar-refractivity contribution in [2.45, 2.75) is 26.8 Å². The number of aryl methyl sites for hydroxylation is 3. The number of ketones is 1. The second-order valence-electron chi connectivity index (χ2n) is 9.13. The fourth-order valence-corrected chi connectivity index (χ4v) is 5.77. The number of aliphatic hydroxyl groups is 1. The maximum atomic E-state index is 13.5. The molecule has 1 aromatic heterocycles. The highest BCUT2D eigenvalue weighted by Gasteiger charge is 2.48. The predicted octanol–water partition coefficient (Wildman–Crippen LogP) is 6.41. The Labute approximate surface area is 219 Å². The molecule has 1 atom stereocenters. The number of benzene rings is 3. The number of anilines is 1. The fourth-order valence-electron chi connectivity index (χ4n) is 4.60. The van der Waals surface area contributed by atoms with E-state index in [9.17, 15) is 14.7 Å². The van der Waals surface area contributed by atoms with Crippen molar-refractivity contribution < 1.29 is 19.4 Å². The van der Waals surface area contributed by atoms with Crippen molar-refractivity contribution in [3.63, 3.8) is 0 Å². The second kappa shape index (κ2) is 9.67. The summed E-state index contributed by atoms with van der Waals surface area (Å²) in [5.41, 5.74) is 4.98. The summed E-state index contributed by atoms with van der Waals surface area (Å²) in [6.45, 7) is 9.92. The van der Waals surface area contributed by atoms with Crippen LogP contribution in [0, 0.1) is 20.8 Å². The number of fused-ring (bicyclic) bond motifs is 1. The Morgan fingerprint density at radius 1 is 1.08 bits per heavy atom. The van der Waals surface area contributed by atoms with Gasteiger partial charge in [0, 0.05) is 5.56 Å². The Kier molecular flexibility index (Phi) is 6.39. The molecule has 0 aliphatic carbocycles. The zero-order valence-corrected chi connectivity index (χ0v) is 21.6. The van der Waals surface area contributed by atoms with Crippen LogP contribution in [0.3, 0.4) is 0 Å². The molecule has 6 nitrogen and oxygen atoms in total. The first-order chi connectivity index (χ1) is 17.8. The largest absolute Gasteiger partial charge is 0.507 e. The quantitative estimate of drug-likeness (QED) is 0.140. The number of aliphatic hydroxyl groups excluding tert-OH is 1. The first-order valence-corrected chi connectivity index (χ1v) is 12.7. The molecule has 1 aliphatic rings. The lowest BCUT2D eigenvalue weighted by Crippen LogP contribution is -2.29. The van der Waals surface area contributed by atoms with Crippen molar-refractivity contribution in [3.05, 3.63) is 107 Å². The zero-order chi connectivity index (χ0) is 26.3. The molecule has 0 spiro atoms. The SMILES string of the molecule is C=CCOc1cccc(C2C(=C(O)c3ccc(C)cc3)C(=O)C(=O)N2c2nc3c(C)cc(C)cc3s2)c1. The molecule has 7 heteroatoms. The molecule has 1 fully saturated rings. The number of carbonyl (C=O) groups excluding carboxylic acids is 2. The van der Waals surface area contributed by atoms with E-state index in [0.29, 0.717) is 28.6 Å². The number of rotatable bonds is 6. The van der Waals surface area contributed by atoms with Crippen LogP contribution in [-0.2, 0) is 9.59 Å². The monoisotopic (exact) mass is 510 g/mol. The van der Waals surface area contributed by atoms with E-state index in [2.05, 4.69) is 6.58 Å². The summed E-state index contributed by atoms with van der Waals surface area (Å²) in [4.78, 5) is 33.2. The molecule has 0 radical (unpaired) electrons. The molecule has 3 aromatic carbocycles.